The average molecular weight is 799 g/mol. The van der Waals surface area contributed by atoms with Crippen molar-refractivity contribution >= 4 is 70.1 Å². The summed E-state index contributed by atoms with van der Waals surface area (Å²) in [6, 6.07) is 33.2. The fourth-order valence-electron chi connectivity index (χ4n) is 6.24. The first-order valence-electron chi connectivity index (χ1n) is 16.5. The second-order valence-electron chi connectivity index (χ2n) is 12.6. The van der Waals surface area contributed by atoms with Gasteiger partial charge in [-0.05, 0) is 95.1 Å². The highest BCUT2D eigenvalue weighted by atomic mass is 32.2. The summed E-state index contributed by atoms with van der Waals surface area (Å²) in [5, 5.41) is 0. The second kappa shape index (κ2) is 15.2. The van der Waals surface area contributed by atoms with E-state index in [0.717, 1.165) is 28.0 Å². The Morgan fingerprint density at radius 2 is 1.04 bits per heavy atom. The standard InChI is InChI=1S/C40H35N3O9S3/c1-41(34-9-8-10-35(27-34)53(44,45)46)31-21-15-28(16-22-31)40(29-17-23-32(24-18-29)42(2)36-11-4-6-13-38(36)54(47,48)49)30-19-25-33(26-20-30)43(3)37-12-5-7-14-39(37)55(50,51)52/h4-27H,1-3H3,(H2-,44,45,46,47,48,49,50,51,52)/p+1. The van der Waals surface area contributed by atoms with Gasteiger partial charge in [-0.3, -0.25) is 13.7 Å². The van der Waals surface area contributed by atoms with E-state index in [0.29, 0.717) is 28.5 Å². The first-order chi connectivity index (χ1) is 25.9. The third-order valence-electron chi connectivity index (χ3n) is 9.14. The second-order valence-corrected chi connectivity index (χ2v) is 16.8. The number of anilines is 4. The number of para-hydroxylation sites is 2. The molecule has 0 atom stereocenters. The molecule has 0 radical (unpaired) electrons. The third-order valence-corrected chi connectivity index (χ3v) is 11.8. The molecule has 282 valence electrons. The summed E-state index contributed by atoms with van der Waals surface area (Å²) in [6.45, 7) is 0. The Balaban J connectivity index is 1.42. The topological polar surface area (TPSA) is 173 Å². The monoisotopic (exact) mass is 798 g/mol. The zero-order valence-electron chi connectivity index (χ0n) is 29.7. The molecule has 0 fully saturated rings. The number of allylic oxidation sites excluding steroid dienone is 5. The lowest BCUT2D eigenvalue weighted by Crippen LogP contribution is -2.14. The zero-order chi connectivity index (χ0) is 39.7. The van der Waals surface area contributed by atoms with E-state index in [9.17, 15) is 38.9 Å². The van der Waals surface area contributed by atoms with E-state index in [1.807, 2.05) is 72.8 Å². The first kappa shape index (κ1) is 39.0. The molecule has 0 aliphatic heterocycles. The minimum Gasteiger partial charge on any atom is -0.345 e. The highest BCUT2D eigenvalue weighted by molar-refractivity contribution is 7.86. The van der Waals surface area contributed by atoms with Crippen LogP contribution in [0.5, 0.6) is 0 Å². The van der Waals surface area contributed by atoms with Crippen LogP contribution >= 0.6 is 0 Å². The van der Waals surface area contributed by atoms with Crippen molar-refractivity contribution in [3.63, 3.8) is 0 Å². The van der Waals surface area contributed by atoms with Gasteiger partial charge in [0.15, 0.2) is 4.90 Å². The molecular formula is C40H36N3O9S3+. The van der Waals surface area contributed by atoms with E-state index < -0.39 is 30.4 Å². The minimum atomic E-state index is -4.49. The molecule has 55 heavy (non-hydrogen) atoms. The lowest BCUT2D eigenvalue weighted by Gasteiger charge is -2.23. The van der Waals surface area contributed by atoms with Gasteiger partial charge in [-0.25, -0.2) is 0 Å². The fourth-order valence-corrected chi connectivity index (χ4v) is 8.20. The molecule has 12 nitrogen and oxygen atoms in total. The Morgan fingerprint density at radius 1 is 0.527 bits per heavy atom. The Hall–Kier alpha value is -5.68. The predicted octanol–water partition coefficient (Wildman–Crippen LogP) is 7.31. The average Bonchev–Trinajstić information content (AvgIpc) is 3.17. The molecule has 3 N–H and O–H groups in total. The van der Waals surface area contributed by atoms with Gasteiger partial charge in [0.05, 0.1) is 10.6 Å². The van der Waals surface area contributed by atoms with Gasteiger partial charge in [0.25, 0.3) is 20.2 Å². The lowest BCUT2D eigenvalue weighted by molar-refractivity contribution is -0.406. The van der Waals surface area contributed by atoms with Gasteiger partial charge in [-0.15, -0.1) is 0 Å². The maximum absolute atomic E-state index is 12.1. The summed E-state index contributed by atoms with van der Waals surface area (Å²) < 4.78 is 103. The summed E-state index contributed by atoms with van der Waals surface area (Å²) in [5.41, 5.74) is 6.41. The van der Waals surface area contributed by atoms with Crippen LogP contribution in [0.1, 0.15) is 11.1 Å². The summed E-state index contributed by atoms with van der Waals surface area (Å²) >= 11 is 0. The molecule has 1 aliphatic rings. The molecule has 15 heteroatoms. The van der Waals surface area contributed by atoms with Crippen LogP contribution in [0.25, 0.3) is 5.57 Å². The van der Waals surface area contributed by atoms with Gasteiger partial charge < -0.3 is 9.80 Å². The SMILES string of the molecule is CN(c1ccc(C(=C2C=CC(=[N+](C)c3ccccc3S(=O)(=O)O)C=C2)c2ccc(N(C)c3ccccc3S(=O)(=O)O)cc2)cc1)c1cccc(S(=O)(=O)O)c1. The Bertz CT molecular complexity index is 2740. The van der Waals surface area contributed by atoms with Crippen molar-refractivity contribution in [3.8, 4) is 0 Å². The third kappa shape index (κ3) is 8.52. The van der Waals surface area contributed by atoms with Crippen molar-refractivity contribution < 1.29 is 43.5 Å². The van der Waals surface area contributed by atoms with Gasteiger partial charge in [0, 0.05) is 49.4 Å². The van der Waals surface area contributed by atoms with Crippen molar-refractivity contribution in [2.75, 3.05) is 30.9 Å². The molecule has 0 spiro atoms. The van der Waals surface area contributed by atoms with E-state index in [1.165, 1.54) is 36.4 Å². The quantitative estimate of drug-likeness (QED) is 0.0956. The normalized spacial score (nSPS) is 13.1. The van der Waals surface area contributed by atoms with Crippen LogP contribution in [0.3, 0.4) is 0 Å². The molecule has 5 aromatic rings. The van der Waals surface area contributed by atoms with Gasteiger partial charge in [-0.2, -0.15) is 29.8 Å². The van der Waals surface area contributed by atoms with E-state index in [-0.39, 0.29) is 14.7 Å². The van der Waals surface area contributed by atoms with Crippen LogP contribution < -0.4 is 9.80 Å². The fraction of sp³-hybridized carbons (Fsp3) is 0.0750. The number of hydrogen-bond donors (Lipinski definition) is 3. The van der Waals surface area contributed by atoms with E-state index >= 15 is 0 Å². The largest absolute Gasteiger partial charge is 0.345 e. The van der Waals surface area contributed by atoms with Crippen LogP contribution in [-0.4, -0.2) is 70.3 Å². The molecule has 0 bridgehead atoms. The first-order valence-corrected chi connectivity index (χ1v) is 20.9. The van der Waals surface area contributed by atoms with Crippen LogP contribution in [0, 0.1) is 0 Å². The molecular weight excluding hydrogens is 763 g/mol. The molecule has 0 unspecified atom stereocenters. The van der Waals surface area contributed by atoms with Crippen LogP contribution in [-0.2, 0) is 30.4 Å². The molecule has 0 saturated heterocycles. The number of benzene rings is 5. The summed E-state index contributed by atoms with van der Waals surface area (Å²) in [7, 11) is -8.21. The van der Waals surface area contributed by atoms with Gasteiger partial charge in [0.2, 0.25) is 11.4 Å². The van der Waals surface area contributed by atoms with Crippen LogP contribution in [0.4, 0.5) is 28.4 Å². The number of nitrogens with zero attached hydrogens (tertiary/aromatic N) is 3. The van der Waals surface area contributed by atoms with Crippen molar-refractivity contribution in [1.29, 1.82) is 0 Å². The molecule has 1 aliphatic carbocycles. The van der Waals surface area contributed by atoms with E-state index in [4.69, 9.17) is 0 Å². The van der Waals surface area contributed by atoms with E-state index in [1.54, 1.807) is 71.9 Å². The summed E-state index contributed by atoms with van der Waals surface area (Å²) in [6.07, 6.45) is 7.44. The Morgan fingerprint density at radius 3 is 1.58 bits per heavy atom. The molecule has 0 heterocycles. The lowest BCUT2D eigenvalue weighted by atomic mass is 9.90. The smallest absolute Gasteiger partial charge is 0.301 e. The summed E-state index contributed by atoms with van der Waals surface area (Å²) in [4.78, 5) is 2.75. The summed E-state index contributed by atoms with van der Waals surface area (Å²) in [5.74, 6) is 0. The predicted molar refractivity (Wildman–Crippen MR) is 213 cm³/mol. The molecule has 5 aromatic carbocycles. The molecule has 0 saturated carbocycles. The van der Waals surface area contributed by atoms with Crippen LogP contribution in [0.2, 0.25) is 0 Å². The van der Waals surface area contributed by atoms with Crippen molar-refractivity contribution in [3.05, 3.63) is 162 Å². The number of rotatable bonds is 10. The maximum atomic E-state index is 12.1. The molecule has 0 amide bonds. The highest BCUT2D eigenvalue weighted by Gasteiger charge is 2.24. The van der Waals surface area contributed by atoms with E-state index in [2.05, 4.69) is 0 Å². The minimum absolute atomic E-state index is 0.227. The highest BCUT2D eigenvalue weighted by Crippen LogP contribution is 2.36. The Kier molecular flexibility index (Phi) is 10.8. The van der Waals surface area contributed by atoms with Crippen molar-refractivity contribution in [2.24, 2.45) is 0 Å². The van der Waals surface area contributed by atoms with Gasteiger partial charge in [-0.1, -0.05) is 54.6 Å². The zero-order valence-corrected chi connectivity index (χ0v) is 32.2. The van der Waals surface area contributed by atoms with Gasteiger partial charge >= 0.3 is 10.1 Å². The van der Waals surface area contributed by atoms with Gasteiger partial charge in [0.1, 0.15) is 11.9 Å². The maximum Gasteiger partial charge on any atom is 0.301 e. The molecule has 6 rings (SSSR count). The van der Waals surface area contributed by atoms with Crippen LogP contribution in [0.15, 0.2) is 166 Å². The Labute approximate surface area is 320 Å². The molecule has 0 aromatic heterocycles. The number of hydrogen-bond acceptors (Lipinski definition) is 8. The van der Waals surface area contributed by atoms with Crippen molar-refractivity contribution in [2.45, 2.75) is 14.7 Å². The van der Waals surface area contributed by atoms with Crippen molar-refractivity contribution in [1.82, 2.24) is 0 Å².